The number of primary amides is 1. The van der Waals surface area contributed by atoms with Crippen molar-refractivity contribution in [1.82, 2.24) is 15.2 Å². The summed E-state index contributed by atoms with van der Waals surface area (Å²) in [4.78, 5) is 14.1. The molecule has 0 aromatic carbocycles. The van der Waals surface area contributed by atoms with Crippen LogP contribution >= 0.6 is 0 Å². The van der Waals surface area contributed by atoms with Gasteiger partial charge in [-0.1, -0.05) is 6.07 Å². The van der Waals surface area contributed by atoms with Gasteiger partial charge >= 0.3 is 0 Å². The molecule has 2 N–H and O–H groups in total. The molecule has 0 saturated heterocycles. The minimum Gasteiger partial charge on any atom is -0.364 e. The molecular weight excluding hydrogens is 192 g/mol. The zero-order valence-corrected chi connectivity index (χ0v) is 7.95. The number of nitrogens with two attached hydrogens (primary N) is 1. The monoisotopic (exact) mass is 202 g/mol. The smallest absolute Gasteiger partial charge is 0.269 e. The number of hydrogen-bond acceptors (Lipinski definition) is 4. The van der Waals surface area contributed by atoms with Crippen molar-refractivity contribution >= 4 is 5.91 Å². The van der Waals surface area contributed by atoms with E-state index in [1.54, 1.807) is 18.5 Å². The van der Waals surface area contributed by atoms with Gasteiger partial charge in [0.2, 0.25) is 0 Å². The number of rotatable bonds is 1. The second-order valence-corrected chi connectivity index (χ2v) is 2.50. The first-order valence-corrected chi connectivity index (χ1v) is 4.23. The van der Waals surface area contributed by atoms with E-state index in [9.17, 15) is 4.79 Å². The Kier molecular flexibility index (Phi) is 4.45. The van der Waals surface area contributed by atoms with E-state index in [-0.39, 0.29) is 5.69 Å². The van der Waals surface area contributed by atoms with Gasteiger partial charge in [-0.3, -0.25) is 9.78 Å². The molecule has 2 rings (SSSR count). The highest BCUT2D eigenvalue weighted by molar-refractivity contribution is 5.90. The third kappa shape index (κ3) is 4.47. The molecule has 0 radical (unpaired) electrons. The Morgan fingerprint density at radius 2 is 1.80 bits per heavy atom. The first kappa shape index (κ1) is 10.8. The Morgan fingerprint density at radius 1 is 1.07 bits per heavy atom. The summed E-state index contributed by atoms with van der Waals surface area (Å²) in [7, 11) is 0. The summed E-state index contributed by atoms with van der Waals surface area (Å²) >= 11 is 0. The van der Waals surface area contributed by atoms with Crippen LogP contribution in [0.4, 0.5) is 0 Å². The molecule has 0 aliphatic rings. The van der Waals surface area contributed by atoms with Crippen molar-refractivity contribution in [2.24, 2.45) is 5.73 Å². The SMILES string of the molecule is NC(=O)c1cccnn1.c1ccncc1. The van der Waals surface area contributed by atoms with Crippen molar-refractivity contribution in [1.29, 1.82) is 0 Å². The molecule has 2 aromatic rings. The predicted molar refractivity (Wildman–Crippen MR) is 54.8 cm³/mol. The normalized spacial score (nSPS) is 8.53. The number of carbonyl (C=O) groups excluding carboxylic acids is 1. The van der Waals surface area contributed by atoms with Crippen molar-refractivity contribution in [2.75, 3.05) is 0 Å². The maximum absolute atomic E-state index is 10.3. The molecule has 0 aliphatic carbocycles. The first-order valence-electron chi connectivity index (χ1n) is 4.23. The Balaban J connectivity index is 0.000000162. The fourth-order valence-corrected chi connectivity index (χ4v) is 0.746. The van der Waals surface area contributed by atoms with Gasteiger partial charge in [-0.15, -0.1) is 5.10 Å². The summed E-state index contributed by atoms with van der Waals surface area (Å²) < 4.78 is 0. The van der Waals surface area contributed by atoms with Crippen LogP contribution < -0.4 is 5.73 Å². The molecule has 76 valence electrons. The summed E-state index contributed by atoms with van der Waals surface area (Å²) in [6.07, 6.45) is 4.98. The lowest BCUT2D eigenvalue weighted by Gasteiger charge is -1.87. The standard InChI is InChI=1S/C5H5N3O.C5H5N/c6-5(9)4-2-1-3-7-8-4;1-2-4-6-5-3-1/h1-3H,(H2,6,9);1-5H. The van der Waals surface area contributed by atoms with Gasteiger partial charge in [-0.25, -0.2) is 0 Å². The maximum Gasteiger partial charge on any atom is 0.269 e. The summed E-state index contributed by atoms with van der Waals surface area (Å²) in [5, 5.41) is 6.91. The Morgan fingerprint density at radius 3 is 2.07 bits per heavy atom. The van der Waals surface area contributed by atoms with E-state index in [4.69, 9.17) is 5.73 Å². The number of pyridine rings is 1. The molecule has 1 amide bonds. The highest BCUT2D eigenvalue weighted by atomic mass is 16.1. The highest BCUT2D eigenvalue weighted by Crippen LogP contribution is 1.86. The largest absolute Gasteiger partial charge is 0.364 e. The van der Waals surface area contributed by atoms with Gasteiger partial charge in [0.25, 0.3) is 5.91 Å². The van der Waals surface area contributed by atoms with E-state index >= 15 is 0 Å². The molecule has 0 bridgehead atoms. The first-order chi connectivity index (χ1) is 7.30. The second-order valence-electron chi connectivity index (χ2n) is 2.50. The van der Waals surface area contributed by atoms with Gasteiger partial charge < -0.3 is 5.73 Å². The molecule has 2 heterocycles. The van der Waals surface area contributed by atoms with Gasteiger partial charge in [0.15, 0.2) is 5.69 Å². The Hall–Kier alpha value is -2.30. The summed E-state index contributed by atoms with van der Waals surface area (Å²) in [6.45, 7) is 0. The molecule has 0 spiro atoms. The predicted octanol–water partition coefficient (Wildman–Crippen LogP) is 0.657. The van der Waals surface area contributed by atoms with Crippen LogP contribution in [-0.4, -0.2) is 21.1 Å². The van der Waals surface area contributed by atoms with Crippen molar-refractivity contribution in [3.05, 3.63) is 54.6 Å². The molecule has 2 aromatic heterocycles. The molecule has 15 heavy (non-hydrogen) atoms. The summed E-state index contributed by atoms with van der Waals surface area (Å²) in [6, 6.07) is 8.83. The van der Waals surface area contributed by atoms with Gasteiger partial charge in [0.05, 0.1) is 0 Å². The van der Waals surface area contributed by atoms with Crippen LogP contribution in [0, 0.1) is 0 Å². The van der Waals surface area contributed by atoms with Crippen LogP contribution in [0.25, 0.3) is 0 Å². The Bertz CT molecular complexity index is 364. The molecule has 0 saturated carbocycles. The topological polar surface area (TPSA) is 81.8 Å². The number of aromatic nitrogens is 3. The van der Waals surface area contributed by atoms with Crippen LogP contribution in [0.1, 0.15) is 10.5 Å². The lowest BCUT2D eigenvalue weighted by molar-refractivity contribution is 0.0994. The van der Waals surface area contributed by atoms with E-state index in [2.05, 4.69) is 15.2 Å². The van der Waals surface area contributed by atoms with Crippen molar-refractivity contribution in [3.8, 4) is 0 Å². The van der Waals surface area contributed by atoms with Crippen LogP contribution in [0.3, 0.4) is 0 Å². The molecule has 0 unspecified atom stereocenters. The van der Waals surface area contributed by atoms with Gasteiger partial charge in [0, 0.05) is 18.6 Å². The molecule has 5 nitrogen and oxygen atoms in total. The fraction of sp³-hybridized carbons (Fsp3) is 0. The minimum absolute atomic E-state index is 0.192. The van der Waals surface area contributed by atoms with Crippen molar-refractivity contribution in [3.63, 3.8) is 0 Å². The van der Waals surface area contributed by atoms with Gasteiger partial charge in [0.1, 0.15) is 0 Å². The lowest BCUT2D eigenvalue weighted by Crippen LogP contribution is -2.12. The van der Waals surface area contributed by atoms with E-state index in [0.29, 0.717) is 0 Å². The van der Waals surface area contributed by atoms with Gasteiger partial charge in [-0.05, 0) is 24.3 Å². The average Bonchev–Trinajstić information content (AvgIpc) is 2.33. The van der Waals surface area contributed by atoms with Gasteiger partial charge in [-0.2, -0.15) is 5.10 Å². The molecule has 0 aliphatic heterocycles. The van der Waals surface area contributed by atoms with E-state index in [1.165, 1.54) is 12.3 Å². The number of amides is 1. The number of hydrogen-bond donors (Lipinski definition) is 1. The minimum atomic E-state index is -0.553. The lowest BCUT2D eigenvalue weighted by atomic mass is 10.4. The number of nitrogens with zero attached hydrogens (tertiary/aromatic N) is 3. The molecular formula is C10H10N4O. The second kappa shape index (κ2) is 6.20. The van der Waals surface area contributed by atoms with Crippen molar-refractivity contribution in [2.45, 2.75) is 0 Å². The zero-order valence-electron chi connectivity index (χ0n) is 7.95. The number of carbonyl (C=O) groups is 1. The summed E-state index contributed by atoms with van der Waals surface area (Å²) in [5.41, 5.74) is 5.06. The highest BCUT2D eigenvalue weighted by Gasteiger charge is 1.97. The van der Waals surface area contributed by atoms with E-state index in [0.717, 1.165) is 0 Å². The molecule has 0 atom stereocenters. The maximum atomic E-state index is 10.3. The van der Waals surface area contributed by atoms with Crippen molar-refractivity contribution < 1.29 is 4.79 Å². The van der Waals surface area contributed by atoms with Crippen LogP contribution in [0.5, 0.6) is 0 Å². The Labute approximate surface area is 87.0 Å². The molecule has 0 fully saturated rings. The molecule has 5 heteroatoms. The van der Waals surface area contributed by atoms with Crippen LogP contribution in [0.2, 0.25) is 0 Å². The third-order valence-corrected chi connectivity index (χ3v) is 1.39. The fourth-order valence-electron chi connectivity index (χ4n) is 0.746. The van der Waals surface area contributed by atoms with E-state index in [1.807, 2.05) is 18.2 Å². The van der Waals surface area contributed by atoms with Crippen LogP contribution in [-0.2, 0) is 0 Å². The van der Waals surface area contributed by atoms with Crippen LogP contribution in [0.15, 0.2) is 48.9 Å². The zero-order chi connectivity index (χ0) is 10.9. The average molecular weight is 202 g/mol. The van der Waals surface area contributed by atoms with E-state index < -0.39 is 5.91 Å². The third-order valence-electron chi connectivity index (χ3n) is 1.39. The summed E-state index contributed by atoms with van der Waals surface area (Å²) in [5.74, 6) is -0.553. The quantitative estimate of drug-likeness (QED) is 0.736.